The van der Waals surface area contributed by atoms with Crippen LogP contribution in [0.1, 0.15) is 28.9 Å². The van der Waals surface area contributed by atoms with Crippen LogP contribution in [0.5, 0.6) is 11.5 Å². The van der Waals surface area contributed by atoms with Gasteiger partial charge in [0, 0.05) is 10.0 Å². The first kappa shape index (κ1) is 17.3. The van der Waals surface area contributed by atoms with E-state index in [9.17, 15) is 9.59 Å². The number of carbonyl (C=O) groups is 2. The molecule has 0 saturated heterocycles. The molecular weight excluding hydrogens is 388 g/mol. The molecule has 0 saturated carbocycles. The van der Waals surface area contributed by atoms with Crippen molar-refractivity contribution in [3.8, 4) is 11.5 Å². The summed E-state index contributed by atoms with van der Waals surface area (Å²) in [5, 5.41) is 5.46. The normalized spacial score (nSPS) is 13.2. The third kappa shape index (κ3) is 4.11. The van der Waals surface area contributed by atoms with Gasteiger partial charge < -0.3 is 20.1 Å². The van der Waals surface area contributed by atoms with Gasteiger partial charge >= 0.3 is 0 Å². The summed E-state index contributed by atoms with van der Waals surface area (Å²) in [4.78, 5) is 24.2. The Morgan fingerprint density at radius 1 is 1.16 bits per heavy atom. The number of nitrogens with one attached hydrogen (secondary N) is 2. The van der Waals surface area contributed by atoms with Gasteiger partial charge in [-0.3, -0.25) is 9.59 Å². The van der Waals surface area contributed by atoms with E-state index >= 15 is 0 Å². The molecule has 3 rings (SSSR count). The Morgan fingerprint density at radius 2 is 1.92 bits per heavy atom. The smallest absolute Gasteiger partial charge is 0.251 e. The van der Waals surface area contributed by atoms with Crippen LogP contribution in [-0.4, -0.2) is 25.2 Å². The third-order valence-electron chi connectivity index (χ3n) is 3.79. The maximum atomic E-state index is 12.2. The zero-order valence-electron chi connectivity index (χ0n) is 13.5. The minimum Gasteiger partial charge on any atom is -0.454 e. The van der Waals surface area contributed by atoms with E-state index in [1.165, 1.54) is 0 Å². The molecule has 2 aromatic rings. The first-order chi connectivity index (χ1) is 12.0. The van der Waals surface area contributed by atoms with E-state index in [1.807, 2.05) is 31.2 Å². The number of amides is 2. The molecule has 1 unspecified atom stereocenters. The second-order valence-electron chi connectivity index (χ2n) is 5.56. The number of rotatable bonds is 5. The van der Waals surface area contributed by atoms with Crippen molar-refractivity contribution >= 4 is 27.7 Å². The Hall–Kier alpha value is -2.54. The fraction of sp³-hybridized carbons (Fsp3) is 0.222. The second kappa shape index (κ2) is 7.57. The second-order valence-corrected chi connectivity index (χ2v) is 6.42. The van der Waals surface area contributed by atoms with E-state index in [-0.39, 0.29) is 31.2 Å². The van der Waals surface area contributed by atoms with Crippen molar-refractivity contribution in [1.82, 2.24) is 10.6 Å². The molecule has 1 atom stereocenters. The Kier molecular flexibility index (Phi) is 5.23. The van der Waals surface area contributed by atoms with Crippen LogP contribution >= 0.6 is 15.9 Å². The lowest BCUT2D eigenvalue weighted by Gasteiger charge is -2.16. The van der Waals surface area contributed by atoms with Gasteiger partial charge in [-0.25, -0.2) is 0 Å². The van der Waals surface area contributed by atoms with Crippen molar-refractivity contribution in [2.24, 2.45) is 0 Å². The lowest BCUT2D eigenvalue weighted by Crippen LogP contribution is -2.38. The van der Waals surface area contributed by atoms with Gasteiger partial charge in [-0.15, -0.1) is 0 Å². The highest BCUT2D eigenvalue weighted by atomic mass is 79.9. The summed E-state index contributed by atoms with van der Waals surface area (Å²) in [5.74, 6) is 0.524. The predicted octanol–water partition coefficient (Wildman–Crippen LogP) is 2.79. The van der Waals surface area contributed by atoms with Crippen molar-refractivity contribution < 1.29 is 19.1 Å². The summed E-state index contributed by atoms with van der Waals surface area (Å²) < 4.78 is 11.4. The molecule has 2 amide bonds. The van der Waals surface area contributed by atoms with Crippen molar-refractivity contribution in [2.45, 2.75) is 13.0 Å². The van der Waals surface area contributed by atoms with Crippen LogP contribution in [0, 0.1) is 0 Å². The lowest BCUT2D eigenvalue weighted by atomic mass is 10.1. The van der Waals surface area contributed by atoms with Crippen molar-refractivity contribution in [3.63, 3.8) is 0 Å². The number of benzene rings is 2. The number of ether oxygens (including phenoxy) is 2. The van der Waals surface area contributed by atoms with Gasteiger partial charge in [0.2, 0.25) is 12.7 Å². The number of carbonyl (C=O) groups excluding carboxylic acids is 2. The van der Waals surface area contributed by atoms with Gasteiger partial charge in [-0.05, 0) is 36.8 Å². The number of hydrogen-bond acceptors (Lipinski definition) is 4. The van der Waals surface area contributed by atoms with E-state index in [1.54, 1.807) is 18.2 Å². The maximum absolute atomic E-state index is 12.2. The standard InChI is InChI=1S/C18H17BrN2O4/c1-11(13-4-2-3-5-14(13)19)21-17(22)9-20-18(23)12-6-7-15-16(8-12)25-10-24-15/h2-8,11H,9-10H2,1H3,(H,20,23)(H,21,22). The molecule has 1 aliphatic heterocycles. The van der Waals surface area contributed by atoms with E-state index in [0.717, 1.165) is 10.0 Å². The van der Waals surface area contributed by atoms with Gasteiger partial charge in [-0.1, -0.05) is 34.1 Å². The number of fused-ring (bicyclic) bond motifs is 1. The summed E-state index contributed by atoms with van der Waals surface area (Å²) in [6, 6.07) is 12.4. The largest absolute Gasteiger partial charge is 0.454 e. The molecule has 1 aliphatic rings. The highest BCUT2D eigenvalue weighted by Gasteiger charge is 2.17. The Bertz CT molecular complexity index is 809. The van der Waals surface area contributed by atoms with Gasteiger partial charge in [0.05, 0.1) is 12.6 Å². The van der Waals surface area contributed by atoms with Gasteiger partial charge in [0.1, 0.15) is 0 Å². The molecule has 0 radical (unpaired) electrons. The zero-order chi connectivity index (χ0) is 17.8. The van der Waals surface area contributed by atoms with E-state index in [4.69, 9.17) is 9.47 Å². The Morgan fingerprint density at radius 3 is 2.72 bits per heavy atom. The van der Waals surface area contributed by atoms with Gasteiger partial charge in [0.15, 0.2) is 11.5 Å². The predicted molar refractivity (Wildman–Crippen MR) is 95.6 cm³/mol. The van der Waals surface area contributed by atoms with Crippen LogP contribution < -0.4 is 20.1 Å². The fourth-order valence-corrected chi connectivity index (χ4v) is 3.13. The molecule has 0 bridgehead atoms. The van der Waals surface area contributed by atoms with Crippen LogP contribution in [-0.2, 0) is 4.79 Å². The summed E-state index contributed by atoms with van der Waals surface area (Å²) in [6.07, 6.45) is 0. The Labute approximate surface area is 153 Å². The molecule has 0 aliphatic carbocycles. The molecule has 2 N–H and O–H groups in total. The van der Waals surface area contributed by atoms with Crippen molar-refractivity contribution in [1.29, 1.82) is 0 Å². The average molecular weight is 405 g/mol. The fourth-order valence-electron chi connectivity index (χ4n) is 2.50. The van der Waals surface area contributed by atoms with E-state index in [0.29, 0.717) is 17.1 Å². The monoisotopic (exact) mass is 404 g/mol. The highest BCUT2D eigenvalue weighted by Crippen LogP contribution is 2.32. The van der Waals surface area contributed by atoms with Crippen molar-refractivity contribution in [2.75, 3.05) is 13.3 Å². The molecule has 0 spiro atoms. The van der Waals surface area contributed by atoms with Gasteiger partial charge in [0.25, 0.3) is 5.91 Å². The Balaban J connectivity index is 1.53. The van der Waals surface area contributed by atoms with Crippen molar-refractivity contribution in [3.05, 3.63) is 58.1 Å². The van der Waals surface area contributed by atoms with E-state index < -0.39 is 0 Å². The average Bonchev–Trinajstić information content (AvgIpc) is 3.07. The number of halogens is 1. The van der Waals surface area contributed by atoms with Crippen LogP contribution in [0.4, 0.5) is 0 Å². The lowest BCUT2D eigenvalue weighted by molar-refractivity contribution is -0.120. The topological polar surface area (TPSA) is 76.7 Å². The molecule has 7 heteroatoms. The quantitative estimate of drug-likeness (QED) is 0.802. The van der Waals surface area contributed by atoms with Crippen LogP contribution in [0.25, 0.3) is 0 Å². The summed E-state index contributed by atoms with van der Waals surface area (Å²) >= 11 is 3.46. The maximum Gasteiger partial charge on any atom is 0.251 e. The minimum absolute atomic E-state index is 0.109. The summed E-state index contributed by atoms with van der Waals surface area (Å²) in [5.41, 5.74) is 1.38. The summed E-state index contributed by atoms with van der Waals surface area (Å²) in [7, 11) is 0. The zero-order valence-corrected chi connectivity index (χ0v) is 15.1. The molecule has 6 nitrogen and oxygen atoms in total. The summed E-state index contributed by atoms with van der Waals surface area (Å²) in [6.45, 7) is 1.93. The molecular formula is C18H17BrN2O4. The molecule has 1 heterocycles. The molecule has 0 aromatic heterocycles. The van der Waals surface area contributed by atoms with E-state index in [2.05, 4.69) is 26.6 Å². The molecule has 130 valence electrons. The van der Waals surface area contributed by atoms with Gasteiger partial charge in [-0.2, -0.15) is 0 Å². The first-order valence-electron chi connectivity index (χ1n) is 7.76. The third-order valence-corrected chi connectivity index (χ3v) is 4.52. The molecule has 0 fully saturated rings. The molecule has 2 aromatic carbocycles. The van der Waals surface area contributed by atoms with Crippen LogP contribution in [0.15, 0.2) is 46.9 Å². The SMILES string of the molecule is CC(NC(=O)CNC(=O)c1ccc2c(c1)OCO2)c1ccccc1Br. The van der Waals surface area contributed by atoms with Crippen LogP contribution in [0.3, 0.4) is 0 Å². The first-order valence-corrected chi connectivity index (χ1v) is 8.55. The number of hydrogen-bond donors (Lipinski definition) is 2. The minimum atomic E-state index is -0.345. The highest BCUT2D eigenvalue weighted by molar-refractivity contribution is 9.10. The molecule has 25 heavy (non-hydrogen) atoms. The van der Waals surface area contributed by atoms with Crippen LogP contribution in [0.2, 0.25) is 0 Å².